The number of pyridine rings is 1. The zero-order valence-electron chi connectivity index (χ0n) is 11.4. The summed E-state index contributed by atoms with van der Waals surface area (Å²) in [5, 5.41) is 0. The van der Waals surface area contributed by atoms with Gasteiger partial charge in [0.15, 0.2) is 0 Å². The number of hydrogen-bond acceptors (Lipinski definition) is 5. The Balaban J connectivity index is 2.13. The summed E-state index contributed by atoms with van der Waals surface area (Å²) in [5.74, 6) is 1.68. The van der Waals surface area contributed by atoms with Crippen molar-refractivity contribution >= 4 is 11.5 Å². The van der Waals surface area contributed by atoms with Gasteiger partial charge in [0.05, 0.1) is 18.0 Å². The predicted octanol–water partition coefficient (Wildman–Crippen LogP) is 1.20. The van der Waals surface area contributed by atoms with E-state index >= 15 is 0 Å². The molecule has 0 radical (unpaired) electrons. The van der Waals surface area contributed by atoms with E-state index < -0.39 is 0 Å². The monoisotopic (exact) mass is 250 g/mol. The molecule has 1 aromatic rings. The molecule has 0 aromatic carbocycles. The Hall–Kier alpha value is -1.49. The number of ether oxygens (including phenoxy) is 1. The highest BCUT2D eigenvalue weighted by Crippen LogP contribution is 2.26. The number of nitrogen functional groups attached to an aromatic ring is 1. The third kappa shape index (κ3) is 3.04. The van der Waals surface area contributed by atoms with Gasteiger partial charge in [-0.15, -0.1) is 0 Å². The van der Waals surface area contributed by atoms with Gasteiger partial charge >= 0.3 is 0 Å². The Morgan fingerprint density at radius 2 is 1.94 bits per heavy atom. The summed E-state index contributed by atoms with van der Waals surface area (Å²) in [7, 11) is 2.14. The van der Waals surface area contributed by atoms with Gasteiger partial charge in [0.25, 0.3) is 0 Å². The van der Waals surface area contributed by atoms with Crippen molar-refractivity contribution in [2.45, 2.75) is 20.0 Å². The van der Waals surface area contributed by atoms with Gasteiger partial charge in [0.1, 0.15) is 11.6 Å². The van der Waals surface area contributed by atoms with Crippen molar-refractivity contribution in [3.63, 3.8) is 0 Å². The van der Waals surface area contributed by atoms with Crippen LogP contribution >= 0.6 is 0 Å². The van der Waals surface area contributed by atoms with Gasteiger partial charge in [0.2, 0.25) is 0 Å². The van der Waals surface area contributed by atoms with Gasteiger partial charge in [-0.2, -0.15) is 0 Å². The molecule has 0 aliphatic carbocycles. The number of anilines is 2. The van der Waals surface area contributed by atoms with Crippen molar-refractivity contribution < 1.29 is 4.74 Å². The van der Waals surface area contributed by atoms with Crippen LogP contribution in [0.15, 0.2) is 12.3 Å². The van der Waals surface area contributed by atoms with Crippen LogP contribution in [0.4, 0.5) is 11.5 Å². The molecule has 2 heterocycles. The molecule has 18 heavy (non-hydrogen) atoms. The van der Waals surface area contributed by atoms with Crippen molar-refractivity contribution in [1.29, 1.82) is 0 Å². The van der Waals surface area contributed by atoms with E-state index in [0.717, 1.165) is 37.7 Å². The first-order valence-corrected chi connectivity index (χ1v) is 6.42. The summed E-state index contributed by atoms with van der Waals surface area (Å²) >= 11 is 0. The average Bonchev–Trinajstić information content (AvgIpc) is 2.32. The van der Waals surface area contributed by atoms with Crippen LogP contribution in [-0.4, -0.2) is 49.2 Å². The van der Waals surface area contributed by atoms with E-state index in [-0.39, 0.29) is 6.10 Å². The summed E-state index contributed by atoms with van der Waals surface area (Å²) < 4.78 is 5.70. The molecule has 2 N–H and O–H groups in total. The zero-order chi connectivity index (χ0) is 13.1. The lowest BCUT2D eigenvalue weighted by molar-refractivity contribution is 0.243. The first-order valence-electron chi connectivity index (χ1n) is 6.42. The summed E-state index contributed by atoms with van der Waals surface area (Å²) in [5.41, 5.74) is 6.47. The van der Waals surface area contributed by atoms with Crippen LogP contribution in [-0.2, 0) is 0 Å². The fourth-order valence-corrected chi connectivity index (χ4v) is 2.00. The first-order chi connectivity index (χ1) is 8.56. The molecule has 2 rings (SSSR count). The fourth-order valence-electron chi connectivity index (χ4n) is 2.00. The molecule has 0 amide bonds. The van der Waals surface area contributed by atoms with Gasteiger partial charge < -0.3 is 20.3 Å². The van der Waals surface area contributed by atoms with Crippen molar-refractivity contribution in [3.8, 4) is 5.75 Å². The van der Waals surface area contributed by atoms with Crippen LogP contribution in [0.25, 0.3) is 0 Å². The SMILES string of the molecule is CC(C)Oc1cc(N2CCN(C)CC2)ncc1N. The second kappa shape index (κ2) is 5.44. The third-order valence-electron chi connectivity index (χ3n) is 3.07. The Kier molecular flexibility index (Phi) is 3.91. The molecule has 1 aliphatic heterocycles. The minimum atomic E-state index is 0.120. The maximum absolute atomic E-state index is 5.88. The summed E-state index contributed by atoms with van der Waals surface area (Å²) in [6.45, 7) is 8.10. The molecule has 1 fully saturated rings. The van der Waals surface area contributed by atoms with Crippen molar-refractivity contribution in [2.75, 3.05) is 43.9 Å². The smallest absolute Gasteiger partial charge is 0.147 e. The summed E-state index contributed by atoms with van der Waals surface area (Å²) in [6.07, 6.45) is 1.81. The van der Waals surface area contributed by atoms with E-state index in [1.807, 2.05) is 19.9 Å². The van der Waals surface area contributed by atoms with E-state index in [1.54, 1.807) is 6.20 Å². The van der Waals surface area contributed by atoms with Crippen LogP contribution in [0.1, 0.15) is 13.8 Å². The molecule has 0 atom stereocenters. The molecule has 5 heteroatoms. The predicted molar refractivity (Wildman–Crippen MR) is 74.1 cm³/mol. The maximum Gasteiger partial charge on any atom is 0.147 e. The molecule has 1 aliphatic rings. The minimum absolute atomic E-state index is 0.120. The molecule has 1 aromatic heterocycles. The number of nitrogens with zero attached hydrogens (tertiary/aromatic N) is 3. The van der Waals surface area contributed by atoms with Gasteiger partial charge in [-0.25, -0.2) is 4.98 Å². The number of hydrogen-bond donors (Lipinski definition) is 1. The van der Waals surface area contributed by atoms with Crippen molar-refractivity contribution in [3.05, 3.63) is 12.3 Å². The molecular formula is C13H22N4O. The second-order valence-electron chi connectivity index (χ2n) is 5.04. The van der Waals surface area contributed by atoms with Crippen LogP contribution in [0.2, 0.25) is 0 Å². The standard InChI is InChI=1S/C13H22N4O/c1-10(2)18-12-8-13(15-9-11(12)14)17-6-4-16(3)5-7-17/h8-10H,4-7,14H2,1-3H3. The topological polar surface area (TPSA) is 54.6 Å². The number of aromatic nitrogens is 1. The molecule has 1 saturated heterocycles. The molecule has 0 bridgehead atoms. The van der Waals surface area contributed by atoms with E-state index in [1.165, 1.54) is 0 Å². The molecule has 0 spiro atoms. The molecule has 100 valence electrons. The molecule has 0 unspecified atom stereocenters. The fraction of sp³-hybridized carbons (Fsp3) is 0.615. The van der Waals surface area contributed by atoms with Gasteiger partial charge in [0, 0.05) is 32.2 Å². The van der Waals surface area contributed by atoms with Crippen LogP contribution in [0.5, 0.6) is 5.75 Å². The van der Waals surface area contributed by atoms with Gasteiger partial charge in [-0.3, -0.25) is 0 Å². The minimum Gasteiger partial charge on any atom is -0.489 e. The van der Waals surface area contributed by atoms with E-state index in [4.69, 9.17) is 10.5 Å². The maximum atomic E-state index is 5.88. The average molecular weight is 250 g/mol. The Morgan fingerprint density at radius 1 is 1.28 bits per heavy atom. The number of nitrogens with two attached hydrogens (primary N) is 1. The third-order valence-corrected chi connectivity index (χ3v) is 3.07. The summed E-state index contributed by atoms with van der Waals surface area (Å²) in [4.78, 5) is 8.99. The normalized spacial score (nSPS) is 17.2. The zero-order valence-corrected chi connectivity index (χ0v) is 11.4. The van der Waals surface area contributed by atoms with E-state index in [2.05, 4.69) is 21.8 Å². The summed E-state index contributed by atoms with van der Waals surface area (Å²) in [6, 6.07) is 1.95. The lowest BCUT2D eigenvalue weighted by Gasteiger charge is -2.33. The lowest BCUT2D eigenvalue weighted by Crippen LogP contribution is -2.44. The molecular weight excluding hydrogens is 228 g/mol. The number of piperazine rings is 1. The van der Waals surface area contributed by atoms with Crippen LogP contribution in [0.3, 0.4) is 0 Å². The largest absolute Gasteiger partial charge is 0.489 e. The number of rotatable bonds is 3. The Morgan fingerprint density at radius 3 is 2.56 bits per heavy atom. The van der Waals surface area contributed by atoms with E-state index in [0.29, 0.717) is 5.69 Å². The van der Waals surface area contributed by atoms with Crippen LogP contribution in [0, 0.1) is 0 Å². The highest BCUT2D eigenvalue weighted by Gasteiger charge is 2.16. The number of likely N-dealkylation sites (N-methyl/N-ethyl adjacent to an activating group) is 1. The first kappa shape index (κ1) is 13.0. The van der Waals surface area contributed by atoms with Gasteiger partial charge in [-0.05, 0) is 20.9 Å². The van der Waals surface area contributed by atoms with Crippen molar-refractivity contribution in [2.24, 2.45) is 0 Å². The molecule has 0 saturated carbocycles. The highest BCUT2D eigenvalue weighted by molar-refractivity contribution is 5.57. The van der Waals surface area contributed by atoms with Crippen molar-refractivity contribution in [1.82, 2.24) is 9.88 Å². The lowest BCUT2D eigenvalue weighted by atomic mass is 10.3. The quantitative estimate of drug-likeness (QED) is 0.873. The Labute approximate surface area is 109 Å². The Bertz CT molecular complexity index is 400. The molecule has 5 nitrogen and oxygen atoms in total. The second-order valence-corrected chi connectivity index (χ2v) is 5.04. The van der Waals surface area contributed by atoms with Gasteiger partial charge in [-0.1, -0.05) is 0 Å². The highest BCUT2D eigenvalue weighted by atomic mass is 16.5. The van der Waals surface area contributed by atoms with Crippen LogP contribution < -0.4 is 15.4 Å². The van der Waals surface area contributed by atoms with E-state index in [9.17, 15) is 0 Å².